The summed E-state index contributed by atoms with van der Waals surface area (Å²) in [6.45, 7) is 10.3. The SMILES string of the molecule is Cc1cc(C)c(C(=O)N2CC[C@]3(CCCNC3)C2)cc1C. The Bertz CT molecular complexity index is 559. The fraction of sp³-hybridized carbons (Fsp3) is 0.611. The molecule has 1 spiro atoms. The molecule has 1 atom stereocenters. The van der Waals surface area contributed by atoms with E-state index >= 15 is 0 Å². The van der Waals surface area contributed by atoms with Crippen LogP contribution >= 0.6 is 0 Å². The first-order valence-electron chi connectivity index (χ1n) is 8.09. The van der Waals surface area contributed by atoms with Crippen LogP contribution in [-0.4, -0.2) is 37.0 Å². The van der Waals surface area contributed by atoms with Crippen molar-refractivity contribution in [3.8, 4) is 0 Å². The van der Waals surface area contributed by atoms with Gasteiger partial charge >= 0.3 is 0 Å². The normalized spacial score (nSPS) is 25.6. The van der Waals surface area contributed by atoms with Gasteiger partial charge in [-0.15, -0.1) is 0 Å². The van der Waals surface area contributed by atoms with Gasteiger partial charge in [-0.1, -0.05) is 6.07 Å². The molecule has 114 valence electrons. The highest BCUT2D eigenvalue weighted by Crippen LogP contribution is 2.37. The first kappa shape index (κ1) is 14.6. The van der Waals surface area contributed by atoms with Gasteiger partial charge in [-0.25, -0.2) is 0 Å². The number of hydrogen-bond acceptors (Lipinski definition) is 2. The van der Waals surface area contributed by atoms with Crippen molar-refractivity contribution in [3.63, 3.8) is 0 Å². The molecule has 2 aliphatic heterocycles. The number of carbonyl (C=O) groups excluding carboxylic acids is 1. The number of carbonyl (C=O) groups is 1. The molecule has 2 fully saturated rings. The summed E-state index contributed by atoms with van der Waals surface area (Å²) in [4.78, 5) is 14.9. The molecule has 0 aliphatic carbocycles. The number of benzene rings is 1. The molecule has 1 amide bonds. The van der Waals surface area contributed by atoms with Crippen molar-refractivity contribution in [1.82, 2.24) is 10.2 Å². The Labute approximate surface area is 127 Å². The maximum Gasteiger partial charge on any atom is 0.254 e. The number of nitrogens with zero attached hydrogens (tertiary/aromatic N) is 1. The number of likely N-dealkylation sites (tertiary alicyclic amines) is 1. The van der Waals surface area contributed by atoms with Crippen molar-refractivity contribution < 1.29 is 4.79 Å². The minimum atomic E-state index is 0.220. The molecule has 1 N–H and O–H groups in total. The minimum Gasteiger partial charge on any atom is -0.338 e. The van der Waals surface area contributed by atoms with Gasteiger partial charge in [-0.05, 0) is 69.3 Å². The van der Waals surface area contributed by atoms with E-state index in [1.54, 1.807) is 0 Å². The summed E-state index contributed by atoms with van der Waals surface area (Å²) < 4.78 is 0. The summed E-state index contributed by atoms with van der Waals surface area (Å²) in [5, 5.41) is 3.51. The molecular formula is C18H26N2O. The molecule has 1 aromatic carbocycles. The third-order valence-electron chi connectivity index (χ3n) is 5.36. The third kappa shape index (κ3) is 2.71. The number of amides is 1. The summed E-state index contributed by atoms with van der Waals surface area (Å²) >= 11 is 0. The molecule has 0 unspecified atom stereocenters. The summed E-state index contributed by atoms with van der Waals surface area (Å²) in [7, 11) is 0. The van der Waals surface area contributed by atoms with E-state index in [0.717, 1.165) is 43.7 Å². The Balaban J connectivity index is 1.79. The fourth-order valence-corrected chi connectivity index (χ4v) is 3.85. The van der Waals surface area contributed by atoms with E-state index in [1.165, 1.54) is 24.0 Å². The molecular weight excluding hydrogens is 260 g/mol. The number of nitrogens with one attached hydrogen (secondary N) is 1. The summed E-state index contributed by atoms with van der Waals surface area (Å²) in [5.41, 5.74) is 4.79. The zero-order valence-electron chi connectivity index (χ0n) is 13.5. The van der Waals surface area contributed by atoms with Crippen LogP contribution in [0.3, 0.4) is 0 Å². The second kappa shape index (κ2) is 5.45. The van der Waals surface area contributed by atoms with E-state index in [-0.39, 0.29) is 5.91 Å². The van der Waals surface area contributed by atoms with Gasteiger partial charge < -0.3 is 10.2 Å². The van der Waals surface area contributed by atoms with Gasteiger partial charge in [0.15, 0.2) is 0 Å². The number of aryl methyl sites for hydroxylation is 3. The molecule has 2 saturated heterocycles. The van der Waals surface area contributed by atoms with Gasteiger partial charge in [0.2, 0.25) is 0 Å². The fourth-order valence-electron chi connectivity index (χ4n) is 3.85. The van der Waals surface area contributed by atoms with Crippen molar-refractivity contribution in [1.29, 1.82) is 0 Å². The molecule has 3 nitrogen and oxygen atoms in total. The average molecular weight is 286 g/mol. The molecule has 0 radical (unpaired) electrons. The Hall–Kier alpha value is -1.35. The molecule has 21 heavy (non-hydrogen) atoms. The summed E-state index contributed by atoms with van der Waals surface area (Å²) in [5.74, 6) is 0.220. The molecule has 3 rings (SSSR count). The number of piperidine rings is 1. The molecule has 1 aromatic rings. The summed E-state index contributed by atoms with van der Waals surface area (Å²) in [6.07, 6.45) is 3.65. The van der Waals surface area contributed by atoms with Crippen LogP contribution in [0.25, 0.3) is 0 Å². The molecule has 0 bridgehead atoms. The van der Waals surface area contributed by atoms with Gasteiger partial charge in [0.05, 0.1) is 0 Å². The third-order valence-corrected chi connectivity index (χ3v) is 5.36. The molecule has 0 saturated carbocycles. The molecule has 3 heteroatoms. The minimum absolute atomic E-state index is 0.220. The number of rotatable bonds is 1. The van der Waals surface area contributed by atoms with Gasteiger partial charge in [-0.2, -0.15) is 0 Å². The van der Waals surface area contributed by atoms with Crippen molar-refractivity contribution in [2.24, 2.45) is 5.41 Å². The van der Waals surface area contributed by atoms with E-state index < -0.39 is 0 Å². The second-order valence-corrected chi connectivity index (χ2v) is 7.01. The maximum atomic E-state index is 12.9. The van der Waals surface area contributed by atoms with Crippen LogP contribution in [0.4, 0.5) is 0 Å². The lowest BCUT2D eigenvalue weighted by Gasteiger charge is -2.33. The van der Waals surface area contributed by atoms with Crippen molar-refractivity contribution in [2.45, 2.75) is 40.0 Å². The zero-order valence-corrected chi connectivity index (χ0v) is 13.5. The standard InChI is InChI=1S/C18H26N2O/c1-13-9-15(3)16(10-14(13)2)17(21)20-8-6-18(12-20)5-4-7-19-11-18/h9-10,19H,4-8,11-12H2,1-3H3/t18-/m0/s1. The van der Waals surface area contributed by atoms with Crippen LogP contribution in [0.15, 0.2) is 12.1 Å². The summed E-state index contributed by atoms with van der Waals surface area (Å²) in [6, 6.07) is 4.20. The number of hydrogen-bond donors (Lipinski definition) is 1. The Morgan fingerprint density at radius 3 is 2.62 bits per heavy atom. The van der Waals surface area contributed by atoms with Gasteiger partial charge in [0, 0.05) is 30.6 Å². The van der Waals surface area contributed by atoms with Crippen molar-refractivity contribution in [2.75, 3.05) is 26.2 Å². The topological polar surface area (TPSA) is 32.3 Å². The van der Waals surface area contributed by atoms with Crippen LogP contribution in [-0.2, 0) is 0 Å². The lowest BCUT2D eigenvalue weighted by atomic mass is 9.80. The predicted molar refractivity (Wildman–Crippen MR) is 85.7 cm³/mol. The first-order chi connectivity index (χ1) is 10.0. The average Bonchev–Trinajstić information content (AvgIpc) is 2.87. The van der Waals surface area contributed by atoms with E-state index in [9.17, 15) is 4.79 Å². The van der Waals surface area contributed by atoms with Crippen LogP contribution in [0, 0.1) is 26.2 Å². The first-order valence-corrected chi connectivity index (χ1v) is 8.09. The molecule has 2 aliphatic rings. The lowest BCUT2D eigenvalue weighted by Crippen LogP contribution is -2.42. The smallest absolute Gasteiger partial charge is 0.254 e. The maximum absolute atomic E-state index is 12.9. The van der Waals surface area contributed by atoms with Crippen LogP contribution in [0.5, 0.6) is 0 Å². The van der Waals surface area contributed by atoms with Crippen molar-refractivity contribution in [3.05, 3.63) is 34.4 Å². The van der Waals surface area contributed by atoms with Gasteiger partial charge in [0.25, 0.3) is 5.91 Å². The Kier molecular flexibility index (Phi) is 3.78. The monoisotopic (exact) mass is 286 g/mol. The van der Waals surface area contributed by atoms with Crippen LogP contribution < -0.4 is 5.32 Å². The Morgan fingerprint density at radius 2 is 1.90 bits per heavy atom. The largest absolute Gasteiger partial charge is 0.338 e. The van der Waals surface area contributed by atoms with Gasteiger partial charge in [-0.3, -0.25) is 4.79 Å². The van der Waals surface area contributed by atoms with Crippen molar-refractivity contribution >= 4 is 5.91 Å². The van der Waals surface area contributed by atoms with E-state index in [4.69, 9.17) is 0 Å². The highest BCUT2D eigenvalue weighted by molar-refractivity contribution is 5.96. The molecule has 2 heterocycles. The lowest BCUT2D eigenvalue weighted by molar-refractivity contribution is 0.0763. The highest BCUT2D eigenvalue weighted by Gasteiger charge is 2.40. The van der Waals surface area contributed by atoms with Crippen LogP contribution in [0.1, 0.15) is 46.3 Å². The Morgan fingerprint density at radius 1 is 1.14 bits per heavy atom. The predicted octanol–water partition coefficient (Wildman–Crippen LogP) is 2.83. The second-order valence-electron chi connectivity index (χ2n) is 7.01. The van der Waals surface area contributed by atoms with E-state index in [2.05, 4.69) is 36.2 Å². The van der Waals surface area contributed by atoms with E-state index in [1.807, 2.05) is 6.92 Å². The van der Waals surface area contributed by atoms with Crippen LogP contribution in [0.2, 0.25) is 0 Å². The zero-order chi connectivity index (χ0) is 15.0. The van der Waals surface area contributed by atoms with Gasteiger partial charge in [0.1, 0.15) is 0 Å². The molecule has 0 aromatic heterocycles. The highest BCUT2D eigenvalue weighted by atomic mass is 16.2. The van der Waals surface area contributed by atoms with E-state index in [0.29, 0.717) is 5.41 Å². The quantitative estimate of drug-likeness (QED) is 0.861.